The van der Waals surface area contributed by atoms with Gasteiger partial charge in [-0.3, -0.25) is 9.59 Å². The van der Waals surface area contributed by atoms with E-state index in [1.54, 1.807) is 19.1 Å². The van der Waals surface area contributed by atoms with E-state index in [-0.39, 0.29) is 41.0 Å². The number of ketones is 1. The Labute approximate surface area is 143 Å². The second-order valence-corrected chi connectivity index (χ2v) is 4.67. The van der Waals surface area contributed by atoms with Gasteiger partial charge in [0.15, 0.2) is 11.2 Å². The van der Waals surface area contributed by atoms with E-state index < -0.39 is 11.4 Å². The summed E-state index contributed by atoms with van der Waals surface area (Å²) in [5.41, 5.74) is 0.775. The van der Waals surface area contributed by atoms with E-state index in [0.717, 1.165) is 12.5 Å². The second-order valence-electron chi connectivity index (χ2n) is 4.67. The van der Waals surface area contributed by atoms with Crippen LogP contribution in [-0.2, 0) is 0 Å². The van der Waals surface area contributed by atoms with Crippen LogP contribution in [0.2, 0.25) is 0 Å². The van der Waals surface area contributed by atoms with Crippen molar-refractivity contribution in [3.63, 3.8) is 0 Å². The van der Waals surface area contributed by atoms with Crippen molar-refractivity contribution in [2.24, 2.45) is 0 Å². The van der Waals surface area contributed by atoms with E-state index in [1.165, 1.54) is 0 Å². The topological polar surface area (TPSA) is 90.1 Å². The summed E-state index contributed by atoms with van der Waals surface area (Å²) in [7, 11) is 0. The number of rotatable bonds is 4. The molecule has 0 saturated carbocycles. The fraction of sp³-hybridized carbons (Fsp3) is 0.267. The number of Topliss-reactive ketones (excluding diaryl/α,β-unsaturated/α-hetero) is 1. The van der Waals surface area contributed by atoms with E-state index in [9.17, 15) is 19.5 Å². The Morgan fingerprint density at radius 2 is 1.95 bits per heavy atom. The first kappa shape index (κ1) is 17.6. The molecule has 104 valence electrons. The quantitative estimate of drug-likeness (QED) is 0.531. The smallest absolute Gasteiger partial charge is 0.543 e. The van der Waals surface area contributed by atoms with E-state index in [2.05, 4.69) is 4.98 Å². The molecule has 2 rings (SSSR count). The molecule has 0 aliphatic carbocycles. The van der Waals surface area contributed by atoms with Crippen molar-refractivity contribution in [1.29, 1.82) is 0 Å². The molecule has 0 radical (unpaired) electrons. The first-order valence-corrected chi connectivity index (χ1v) is 6.37. The predicted molar refractivity (Wildman–Crippen MR) is 72.9 cm³/mol. The van der Waals surface area contributed by atoms with Crippen LogP contribution in [0, 0.1) is 6.92 Å². The number of H-pyrrole nitrogens is 1. The third kappa shape index (κ3) is 3.43. The minimum Gasteiger partial charge on any atom is -0.543 e. The van der Waals surface area contributed by atoms with Gasteiger partial charge in [0, 0.05) is 23.4 Å². The number of hydrogen-bond donors (Lipinski definition) is 1. The molecule has 0 aliphatic heterocycles. The van der Waals surface area contributed by atoms with Gasteiger partial charge in [-0.25, -0.2) is 0 Å². The first-order valence-electron chi connectivity index (χ1n) is 6.37. The molecule has 2 aromatic rings. The summed E-state index contributed by atoms with van der Waals surface area (Å²) in [5, 5.41) is 11.2. The molecule has 0 spiro atoms. The average Bonchev–Trinajstić information content (AvgIpc) is 2.38. The number of carboxylic acid groups (broad SMARTS) is 1. The maximum atomic E-state index is 12.0. The molecule has 1 N–H and O–H groups in total. The van der Waals surface area contributed by atoms with Gasteiger partial charge in [-0.2, -0.15) is 0 Å². The van der Waals surface area contributed by atoms with Gasteiger partial charge in [-0.15, -0.1) is 0 Å². The zero-order valence-corrected chi connectivity index (χ0v) is 14.3. The molecule has 0 bridgehead atoms. The van der Waals surface area contributed by atoms with E-state index in [1.807, 2.05) is 6.92 Å². The van der Waals surface area contributed by atoms with Crippen LogP contribution >= 0.6 is 0 Å². The number of nitrogens with one attached hydrogen (secondary N) is 1. The summed E-state index contributed by atoms with van der Waals surface area (Å²) in [5.74, 6) is -1.46. The van der Waals surface area contributed by atoms with Crippen molar-refractivity contribution in [1.82, 2.24) is 4.98 Å². The van der Waals surface area contributed by atoms with Gasteiger partial charge in [0.2, 0.25) is 0 Å². The number of aromatic amines is 1. The molecule has 0 saturated heterocycles. The zero-order chi connectivity index (χ0) is 14.9. The van der Waals surface area contributed by atoms with Gasteiger partial charge in [-0.05, 0) is 31.0 Å². The normalized spacial score (nSPS) is 10.2. The summed E-state index contributed by atoms with van der Waals surface area (Å²) >= 11 is 0. The predicted octanol–water partition coefficient (Wildman–Crippen LogP) is -1.81. The Bertz CT molecular complexity index is 764. The first-order chi connectivity index (χ1) is 9.45. The summed E-state index contributed by atoms with van der Waals surface area (Å²) in [6, 6.07) is 4.16. The standard InChI is InChI=1S/C15H15NO4.Na/c1-3-4-12(17)9-5-6-10-14(8(9)2)13(18)7-11(16-10)15(19)20;/h5-7H,3-4H2,1-2H3,(H,16,18)(H,19,20);/q;+1/p-1. The van der Waals surface area contributed by atoms with Gasteiger partial charge in [-0.1, -0.05) is 6.92 Å². The molecular formula is C15H14NNaO4. The van der Waals surface area contributed by atoms with E-state index in [0.29, 0.717) is 28.5 Å². The fourth-order valence-corrected chi connectivity index (χ4v) is 2.29. The number of aromatic nitrogens is 1. The van der Waals surface area contributed by atoms with Crippen LogP contribution in [0.3, 0.4) is 0 Å². The Morgan fingerprint density at radius 1 is 1.29 bits per heavy atom. The molecule has 0 unspecified atom stereocenters. The van der Waals surface area contributed by atoms with E-state index >= 15 is 0 Å². The monoisotopic (exact) mass is 295 g/mol. The van der Waals surface area contributed by atoms with Crippen molar-refractivity contribution in [3.8, 4) is 0 Å². The Balaban J connectivity index is 0.00000220. The number of fused-ring (bicyclic) bond motifs is 1. The molecule has 5 nitrogen and oxygen atoms in total. The summed E-state index contributed by atoms with van der Waals surface area (Å²) in [4.78, 5) is 37.5. The molecule has 0 fully saturated rings. The Kier molecular flexibility index (Phi) is 5.89. The van der Waals surface area contributed by atoms with Crippen LogP contribution in [0.4, 0.5) is 0 Å². The molecule has 1 heterocycles. The molecule has 6 heteroatoms. The molecule has 21 heavy (non-hydrogen) atoms. The van der Waals surface area contributed by atoms with Gasteiger partial charge in [0.05, 0.1) is 17.2 Å². The van der Waals surface area contributed by atoms with E-state index in [4.69, 9.17) is 0 Å². The minimum absolute atomic E-state index is 0. The maximum absolute atomic E-state index is 12.0. The number of benzene rings is 1. The van der Waals surface area contributed by atoms with Crippen molar-refractivity contribution in [3.05, 3.63) is 45.2 Å². The maximum Gasteiger partial charge on any atom is 1.00 e. The van der Waals surface area contributed by atoms with Crippen molar-refractivity contribution >= 4 is 22.7 Å². The third-order valence-corrected chi connectivity index (χ3v) is 3.25. The fourth-order valence-electron chi connectivity index (χ4n) is 2.29. The number of carboxylic acids is 1. The summed E-state index contributed by atoms with van der Waals surface area (Å²) in [6.45, 7) is 3.60. The minimum atomic E-state index is -1.44. The summed E-state index contributed by atoms with van der Waals surface area (Å²) in [6.07, 6.45) is 1.15. The molecule has 1 aromatic heterocycles. The van der Waals surface area contributed by atoms with Crippen LogP contribution in [0.5, 0.6) is 0 Å². The Morgan fingerprint density at radius 3 is 2.52 bits per heavy atom. The number of aromatic carboxylic acids is 1. The SMILES string of the molecule is CCCC(=O)c1ccc2[nH]c(C(=O)[O-])cc(=O)c2c1C.[Na+]. The molecule has 0 amide bonds. The third-order valence-electron chi connectivity index (χ3n) is 3.25. The average molecular weight is 295 g/mol. The van der Waals surface area contributed by atoms with Crippen molar-refractivity contribution in [2.45, 2.75) is 26.7 Å². The summed E-state index contributed by atoms with van der Waals surface area (Å²) < 4.78 is 0. The molecule has 1 aromatic carbocycles. The second kappa shape index (κ2) is 7.02. The van der Waals surface area contributed by atoms with Crippen LogP contribution in [-0.4, -0.2) is 16.7 Å². The largest absolute Gasteiger partial charge is 1.00 e. The van der Waals surface area contributed by atoms with Gasteiger partial charge >= 0.3 is 29.6 Å². The number of carbonyl (C=O) groups excluding carboxylic acids is 2. The van der Waals surface area contributed by atoms with Crippen molar-refractivity contribution in [2.75, 3.05) is 0 Å². The van der Waals surface area contributed by atoms with Crippen LogP contribution < -0.4 is 40.1 Å². The number of hydrogen-bond acceptors (Lipinski definition) is 4. The number of pyridine rings is 1. The van der Waals surface area contributed by atoms with Crippen molar-refractivity contribution < 1.29 is 44.3 Å². The Hall–Kier alpha value is -1.43. The number of carbonyl (C=O) groups is 2. The van der Waals surface area contributed by atoms with Gasteiger partial charge in [0.25, 0.3) is 0 Å². The van der Waals surface area contributed by atoms with Crippen LogP contribution in [0.1, 0.15) is 46.2 Å². The number of aryl methyl sites for hydroxylation is 1. The molecule has 0 aliphatic rings. The van der Waals surface area contributed by atoms with Crippen LogP contribution in [0.25, 0.3) is 10.9 Å². The van der Waals surface area contributed by atoms with Gasteiger partial charge < -0.3 is 14.9 Å². The zero-order valence-electron chi connectivity index (χ0n) is 12.3. The van der Waals surface area contributed by atoms with Crippen LogP contribution in [0.15, 0.2) is 23.0 Å². The molecular weight excluding hydrogens is 281 g/mol. The molecule has 0 atom stereocenters. The van der Waals surface area contributed by atoms with Gasteiger partial charge in [0.1, 0.15) is 0 Å².